The van der Waals surface area contributed by atoms with E-state index in [0.717, 1.165) is 0 Å². The molecule has 8 heavy (non-hydrogen) atoms. The summed E-state index contributed by atoms with van der Waals surface area (Å²) in [6, 6.07) is 0. The van der Waals surface area contributed by atoms with Gasteiger partial charge in [0.05, 0.1) is 6.33 Å². The molecular weight excluding hydrogens is 124 g/mol. The standard InChI is InChI=1S/C4H4N2OS/c7-4(8)6-2-1-5-3-6/h1-3H,(H,7,8)/p-1. The first-order valence-corrected chi connectivity index (χ1v) is 2.41. The van der Waals surface area contributed by atoms with Gasteiger partial charge in [-0.15, -0.1) is 0 Å². The third-order valence-corrected chi connectivity index (χ3v) is 0.926. The Morgan fingerprint density at radius 2 is 2.50 bits per heavy atom. The summed E-state index contributed by atoms with van der Waals surface area (Å²) < 4.78 is 1.23. The molecule has 1 aromatic rings. The van der Waals surface area contributed by atoms with E-state index < -0.39 is 5.24 Å². The number of nitrogens with zero attached hydrogens (tertiary/aromatic N) is 2. The lowest BCUT2D eigenvalue weighted by molar-refractivity contribution is 0.262. The molecule has 0 unspecified atom stereocenters. The number of aromatic nitrogens is 2. The van der Waals surface area contributed by atoms with Gasteiger partial charge in [0.15, 0.2) is 0 Å². The Hall–Kier alpha value is -0.900. The van der Waals surface area contributed by atoms with Crippen LogP contribution in [0.5, 0.6) is 0 Å². The molecule has 0 spiro atoms. The molecule has 42 valence electrons. The van der Waals surface area contributed by atoms with E-state index in [9.17, 15) is 4.79 Å². The van der Waals surface area contributed by atoms with E-state index in [1.165, 1.54) is 23.3 Å². The minimum atomic E-state index is -0.428. The predicted molar refractivity (Wildman–Crippen MR) is 30.4 cm³/mol. The first-order valence-electron chi connectivity index (χ1n) is 2.00. The Kier molecular flexibility index (Phi) is 1.26. The topological polar surface area (TPSA) is 34.9 Å². The van der Waals surface area contributed by atoms with Crippen molar-refractivity contribution in [2.24, 2.45) is 0 Å². The largest absolute Gasteiger partial charge is 0.718 e. The van der Waals surface area contributed by atoms with E-state index in [2.05, 4.69) is 17.6 Å². The van der Waals surface area contributed by atoms with Crippen LogP contribution in [0.4, 0.5) is 4.79 Å². The summed E-state index contributed by atoms with van der Waals surface area (Å²) in [6.07, 6.45) is 4.38. The molecule has 0 aliphatic rings. The minimum Gasteiger partial charge on any atom is -0.718 e. The monoisotopic (exact) mass is 127 g/mol. The summed E-state index contributed by atoms with van der Waals surface area (Å²) >= 11 is 4.28. The van der Waals surface area contributed by atoms with Gasteiger partial charge >= 0.3 is 0 Å². The maximum atomic E-state index is 10.2. The highest BCUT2D eigenvalue weighted by molar-refractivity contribution is 7.77. The summed E-state index contributed by atoms with van der Waals surface area (Å²) in [6.45, 7) is 0. The molecule has 0 saturated heterocycles. The van der Waals surface area contributed by atoms with Crippen LogP contribution in [0, 0.1) is 0 Å². The maximum Gasteiger partial charge on any atom is 0.110 e. The second-order valence-electron chi connectivity index (χ2n) is 1.24. The van der Waals surface area contributed by atoms with Crippen LogP contribution < -0.4 is 0 Å². The molecule has 0 aliphatic heterocycles. The predicted octanol–water partition coefficient (Wildman–Crippen LogP) is 0.398. The van der Waals surface area contributed by atoms with Crippen molar-refractivity contribution < 1.29 is 4.79 Å². The molecule has 0 radical (unpaired) electrons. The molecule has 1 rings (SSSR count). The van der Waals surface area contributed by atoms with Crippen LogP contribution in [0.25, 0.3) is 0 Å². The third-order valence-electron chi connectivity index (χ3n) is 0.715. The summed E-state index contributed by atoms with van der Waals surface area (Å²) in [4.78, 5) is 13.9. The van der Waals surface area contributed by atoms with Gasteiger partial charge in [-0.2, -0.15) is 0 Å². The Morgan fingerprint density at radius 1 is 1.75 bits per heavy atom. The van der Waals surface area contributed by atoms with Crippen molar-refractivity contribution in [3.8, 4) is 0 Å². The second-order valence-corrected chi connectivity index (χ2v) is 1.59. The van der Waals surface area contributed by atoms with Gasteiger partial charge in [0.2, 0.25) is 0 Å². The van der Waals surface area contributed by atoms with Gasteiger partial charge in [-0.05, 0) is 0 Å². The molecule has 0 amide bonds. The van der Waals surface area contributed by atoms with Gasteiger partial charge in [0.25, 0.3) is 0 Å². The van der Waals surface area contributed by atoms with Crippen LogP contribution >= 0.6 is 0 Å². The summed E-state index contributed by atoms with van der Waals surface area (Å²) in [5.74, 6) is 0. The van der Waals surface area contributed by atoms with Crippen molar-refractivity contribution in [2.45, 2.75) is 0 Å². The third kappa shape index (κ3) is 0.840. The lowest BCUT2D eigenvalue weighted by atomic mass is 10.9. The highest BCUT2D eigenvalue weighted by Gasteiger charge is 1.82. The Labute approximate surface area is 51.8 Å². The highest BCUT2D eigenvalue weighted by Crippen LogP contribution is 1.82. The van der Waals surface area contributed by atoms with E-state index in [0.29, 0.717) is 0 Å². The van der Waals surface area contributed by atoms with Crippen molar-refractivity contribution in [1.82, 2.24) is 9.55 Å². The van der Waals surface area contributed by atoms with E-state index >= 15 is 0 Å². The number of rotatable bonds is 0. The molecule has 0 N–H and O–H groups in total. The molecule has 0 aromatic carbocycles. The van der Waals surface area contributed by atoms with E-state index in [1.54, 1.807) is 0 Å². The van der Waals surface area contributed by atoms with E-state index in [4.69, 9.17) is 0 Å². The number of carbonyl (C=O) groups excluding carboxylic acids is 1. The smallest absolute Gasteiger partial charge is 0.110 e. The molecule has 0 saturated carbocycles. The molecule has 3 nitrogen and oxygen atoms in total. The van der Waals surface area contributed by atoms with Crippen LogP contribution in [0.3, 0.4) is 0 Å². The summed E-state index contributed by atoms with van der Waals surface area (Å²) in [5, 5.41) is -0.428. The van der Waals surface area contributed by atoms with Gasteiger partial charge < -0.3 is 17.4 Å². The number of imidazole rings is 1. The fraction of sp³-hybridized carbons (Fsp3) is 0. The van der Waals surface area contributed by atoms with Crippen LogP contribution in [-0.4, -0.2) is 14.8 Å². The Bertz CT molecular complexity index is 182. The SMILES string of the molecule is O=C([S-])n1ccnc1. The van der Waals surface area contributed by atoms with Gasteiger partial charge in [-0.25, -0.2) is 4.98 Å². The van der Waals surface area contributed by atoms with E-state index in [-0.39, 0.29) is 0 Å². The lowest BCUT2D eigenvalue weighted by Crippen LogP contribution is -2.00. The average molecular weight is 127 g/mol. The molecule has 1 heterocycles. The Morgan fingerprint density at radius 3 is 2.75 bits per heavy atom. The van der Waals surface area contributed by atoms with Crippen molar-refractivity contribution in [1.29, 1.82) is 0 Å². The van der Waals surface area contributed by atoms with Gasteiger partial charge in [0.1, 0.15) is 5.24 Å². The van der Waals surface area contributed by atoms with Crippen molar-refractivity contribution >= 4 is 17.9 Å². The Balaban J connectivity index is 2.93. The summed E-state index contributed by atoms with van der Waals surface area (Å²) in [5.41, 5.74) is 0. The molecule has 1 aromatic heterocycles. The first-order chi connectivity index (χ1) is 3.80. The zero-order valence-electron chi connectivity index (χ0n) is 3.94. The van der Waals surface area contributed by atoms with Crippen molar-refractivity contribution in [3.63, 3.8) is 0 Å². The van der Waals surface area contributed by atoms with E-state index in [1.807, 2.05) is 0 Å². The van der Waals surface area contributed by atoms with Crippen molar-refractivity contribution in [3.05, 3.63) is 18.7 Å². The van der Waals surface area contributed by atoms with Crippen LogP contribution in [0.2, 0.25) is 0 Å². The quantitative estimate of drug-likeness (QED) is 0.473. The molecule has 0 fully saturated rings. The molecule has 0 bridgehead atoms. The maximum absolute atomic E-state index is 10.2. The molecule has 0 aliphatic carbocycles. The van der Waals surface area contributed by atoms with Gasteiger partial charge in [-0.1, -0.05) is 0 Å². The number of hydrogen-bond acceptors (Lipinski definition) is 3. The van der Waals surface area contributed by atoms with Crippen LogP contribution in [0.1, 0.15) is 0 Å². The zero-order chi connectivity index (χ0) is 5.98. The summed E-state index contributed by atoms with van der Waals surface area (Å²) in [7, 11) is 0. The molecule has 0 atom stereocenters. The minimum absolute atomic E-state index is 0.428. The average Bonchev–Trinajstić information content (AvgIpc) is 2.12. The lowest BCUT2D eigenvalue weighted by Gasteiger charge is -2.00. The van der Waals surface area contributed by atoms with Gasteiger partial charge in [-0.3, -0.25) is 4.57 Å². The van der Waals surface area contributed by atoms with Crippen molar-refractivity contribution in [2.75, 3.05) is 0 Å². The highest BCUT2D eigenvalue weighted by atomic mass is 32.1. The normalized spacial score (nSPS) is 9.00. The zero-order valence-corrected chi connectivity index (χ0v) is 4.76. The molecule has 4 heteroatoms. The second kappa shape index (κ2) is 1.92. The first kappa shape index (κ1) is 5.24. The molecular formula is C4H3N2OS-. The number of carbonyl (C=O) groups is 1. The fourth-order valence-corrected chi connectivity index (χ4v) is 0.475. The van der Waals surface area contributed by atoms with Gasteiger partial charge in [0, 0.05) is 12.4 Å². The van der Waals surface area contributed by atoms with Crippen LogP contribution in [-0.2, 0) is 12.6 Å². The fourth-order valence-electron chi connectivity index (χ4n) is 0.367. The van der Waals surface area contributed by atoms with Crippen LogP contribution in [0.15, 0.2) is 18.7 Å². The number of hydrogen-bond donors (Lipinski definition) is 0.